The maximum absolute atomic E-state index is 12.4. The minimum Gasteiger partial charge on any atom is -0.462 e. The summed E-state index contributed by atoms with van der Waals surface area (Å²) >= 11 is 1.35. The zero-order valence-corrected chi connectivity index (χ0v) is 14.4. The summed E-state index contributed by atoms with van der Waals surface area (Å²) in [7, 11) is 0. The highest BCUT2D eigenvalue weighted by molar-refractivity contribution is 7.14. The number of allylic oxidation sites excluding steroid dienone is 8. The fourth-order valence-corrected chi connectivity index (χ4v) is 3.22. The van der Waals surface area contributed by atoms with Gasteiger partial charge in [-0.15, -0.1) is 11.3 Å². The first-order chi connectivity index (χ1) is 11.6. The van der Waals surface area contributed by atoms with Crippen LogP contribution in [0.15, 0.2) is 48.6 Å². The van der Waals surface area contributed by atoms with Crippen LogP contribution >= 0.6 is 11.3 Å². The van der Waals surface area contributed by atoms with Crippen LogP contribution in [0.25, 0.3) is 12.2 Å². The highest BCUT2D eigenvalue weighted by Crippen LogP contribution is 2.17. The molecule has 1 amide bonds. The molecule has 0 bridgehead atoms. The molecule has 0 radical (unpaired) electrons. The molecular weight excluding hydrogens is 322 g/mol. The van der Waals surface area contributed by atoms with Crippen LogP contribution in [0.4, 0.5) is 5.00 Å². The van der Waals surface area contributed by atoms with E-state index >= 15 is 0 Å². The van der Waals surface area contributed by atoms with Crippen molar-refractivity contribution >= 4 is 40.4 Å². The number of hydrogen-bond donors (Lipinski definition) is 1. The minimum atomic E-state index is -0.441. The van der Waals surface area contributed by atoms with Crippen molar-refractivity contribution in [2.75, 3.05) is 11.9 Å². The van der Waals surface area contributed by atoms with E-state index in [0.29, 0.717) is 10.6 Å². The number of carbonyl (C=O) groups excluding carboxylic acids is 2. The molecule has 1 aromatic rings. The van der Waals surface area contributed by atoms with Crippen LogP contribution in [0.3, 0.4) is 0 Å². The van der Waals surface area contributed by atoms with Crippen LogP contribution < -0.4 is 15.1 Å². The number of anilines is 1. The maximum atomic E-state index is 12.4. The van der Waals surface area contributed by atoms with Gasteiger partial charge in [-0.2, -0.15) is 0 Å². The SMILES string of the molecule is CCOC(=O)c1c(NC(C)=O)sc2/c1=C\C=C/C=C\C=C/C=C\C=2. The smallest absolute Gasteiger partial charge is 0.341 e. The molecule has 0 unspecified atom stereocenters. The molecule has 1 aliphatic carbocycles. The Balaban J connectivity index is 2.71. The Morgan fingerprint density at radius 2 is 1.58 bits per heavy atom. The molecule has 5 heteroatoms. The lowest BCUT2D eigenvalue weighted by atomic mass is 10.2. The van der Waals surface area contributed by atoms with Crippen LogP contribution in [0, 0.1) is 0 Å². The Morgan fingerprint density at radius 1 is 1.00 bits per heavy atom. The van der Waals surface area contributed by atoms with Gasteiger partial charge in [0.15, 0.2) is 0 Å². The van der Waals surface area contributed by atoms with E-state index in [2.05, 4.69) is 5.32 Å². The number of amides is 1. The van der Waals surface area contributed by atoms with Crippen molar-refractivity contribution in [2.24, 2.45) is 0 Å². The van der Waals surface area contributed by atoms with Gasteiger partial charge in [-0.05, 0) is 13.0 Å². The monoisotopic (exact) mass is 341 g/mol. The molecule has 1 aliphatic rings. The number of rotatable bonds is 3. The van der Waals surface area contributed by atoms with Crippen molar-refractivity contribution in [2.45, 2.75) is 13.8 Å². The Bertz CT molecular complexity index is 854. The third-order valence-electron chi connectivity index (χ3n) is 3.03. The van der Waals surface area contributed by atoms with Gasteiger partial charge >= 0.3 is 5.97 Å². The molecule has 1 heterocycles. The molecule has 0 fully saturated rings. The zero-order valence-electron chi connectivity index (χ0n) is 13.6. The quantitative estimate of drug-likeness (QED) is 0.860. The van der Waals surface area contributed by atoms with E-state index in [9.17, 15) is 9.59 Å². The van der Waals surface area contributed by atoms with E-state index in [1.807, 2.05) is 60.8 Å². The molecule has 0 spiro atoms. The fraction of sp³-hybridized carbons (Fsp3) is 0.158. The molecule has 1 aromatic heterocycles. The van der Waals surface area contributed by atoms with E-state index < -0.39 is 5.97 Å². The summed E-state index contributed by atoms with van der Waals surface area (Å²) in [5, 5.41) is 3.97. The fourth-order valence-electron chi connectivity index (χ4n) is 2.08. The second-order valence-electron chi connectivity index (χ2n) is 4.86. The second kappa shape index (κ2) is 8.84. The van der Waals surface area contributed by atoms with Gasteiger partial charge in [0, 0.05) is 16.7 Å². The van der Waals surface area contributed by atoms with Gasteiger partial charge in [0.25, 0.3) is 0 Å². The molecule has 0 aromatic carbocycles. The molecule has 124 valence electrons. The number of thiophene rings is 1. The lowest BCUT2D eigenvalue weighted by Gasteiger charge is -2.04. The molecule has 0 saturated carbocycles. The Morgan fingerprint density at radius 3 is 2.17 bits per heavy atom. The van der Waals surface area contributed by atoms with E-state index in [0.717, 1.165) is 9.75 Å². The number of esters is 1. The highest BCUT2D eigenvalue weighted by Gasteiger charge is 2.18. The van der Waals surface area contributed by atoms with Crippen molar-refractivity contribution in [3.63, 3.8) is 0 Å². The predicted molar refractivity (Wildman–Crippen MR) is 99.3 cm³/mol. The number of nitrogens with one attached hydrogen (secondary N) is 1. The van der Waals surface area contributed by atoms with Crippen molar-refractivity contribution in [3.8, 4) is 0 Å². The maximum Gasteiger partial charge on any atom is 0.341 e. The molecule has 24 heavy (non-hydrogen) atoms. The summed E-state index contributed by atoms with van der Waals surface area (Å²) in [5.74, 6) is -0.668. The van der Waals surface area contributed by atoms with Crippen LogP contribution in [-0.2, 0) is 9.53 Å². The van der Waals surface area contributed by atoms with E-state index in [4.69, 9.17) is 4.74 Å². The zero-order chi connectivity index (χ0) is 17.4. The summed E-state index contributed by atoms with van der Waals surface area (Å²) in [6.45, 7) is 3.44. The summed E-state index contributed by atoms with van der Waals surface area (Å²) in [6.07, 6.45) is 19.0. The molecular formula is C19H19NO3S. The predicted octanol–water partition coefficient (Wildman–Crippen LogP) is 2.68. The van der Waals surface area contributed by atoms with Crippen molar-refractivity contribution in [1.82, 2.24) is 0 Å². The van der Waals surface area contributed by atoms with Crippen LogP contribution in [0.5, 0.6) is 0 Å². The van der Waals surface area contributed by atoms with Crippen molar-refractivity contribution < 1.29 is 14.3 Å². The molecule has 2 rings (SSSR count). The Hall–Kier alpha value is -2.66. The summed E-state index contributed by atoms with van der Waals surface area (Å²) < 4.78 is 6.04. The van der Waals surface area contributed by atoms with Crippen LogP contribution in [-0.4, -0.2) is 18.5 Å². The van der Waals surface area contributed by atoms with Gasteiger partial charge in [-0.3, -0.25) is 4.79 Å². The van der Waals surface area contributed by atoms with E-state index in [1.165, 1.54) is 18.3 Å². The summed E-state index contributed by atoms with van der Waals surface area (Å²) in [4.78, 5) is 23.9. The van der Waals surface area contributed by atoms with Crippen molar-refractivity contribution in [3.05, 3.63) is 63.9 Å². The number of ether oxygens (including phenoxy) is 1. The lowest BCUT2D eigenvalue weighted by Crippen LogP contribution is -2.26. The van der Waals surface area contributed by atoms with Gasteiger partial charge in [0.2, 0.25) is 5.91 Å². The number of carbonyl (C=O) groups is 2. The third kappa shape index (κ3) is 4.67. The normalized spacial score (nSPS) is 21.2. The third-order valence-corrected chi connectivity index (χ3v) is 4.12. The summed E-state index contributed by atoms with van der Waals surface area (Å²) in [6, 6.07) is 0. The largest absolute Gasteiger partial charge is 0.462 e. The van der Waals surface area contributed by atoms with Gasteiger partial charge in [0.05, 0.1) is 6.61 Å². The average Bonchev–Trinajstić information content (AvgIpc) is 2.84. The minimum absolute atomic E-state index is 0.227. The first-order valence-corrected chi connectivity index (χ1v) is 8.41. The van der Waals surface area contributed by atoms with Crippen LogP contribution in [0.1, 0.15) is 24.2 Å². The number of hydrogen-bond acceptors (Lipinski definition) is 4. The van der Waals surface area contributed by atoms with Gasteiger partial charge in [0.1, 0.15) is 10.6 Å². The topological polar surface area (TPSA) is 55.4 Å². The van der Waals surface area contributed by atoms with Crippen molar-refractivity contribution in [1.29, 1.82) is 0 Å². The molecule has 0 aliphatic heterocycles. The Kier molecular flexibility index (Phi) is 6.51. The van der Waals surface area contributed by atoms with Crippen LogP contribution in [0.2, 0.25) is 0 Å². The van der Waals surface area contributed by atoms with Gasteiger partial charge < -0.3 is 10.1 Å². The molecule has 1 N–H and O–H groups in total. The first kappa shape index (κ1) is 17.7. The highest BCUT2D eigenvalue weighted by atomic mass is 32.1. The van der Waals surface area contributed by atoms with Gasteiger partial charge in [-0.1, -0.05) is 54.7 Å². The first-order valence-electron chi connectivity index (χ1n) is 7.59. The lowest BCUT2D eigenvalue weighted by molar-refractivity contribution is -0.114. The van der Waals surface area contributed by atoms with Gasteiger partial charge in [-0.25, -0.2) is 4.79 Å². The molecule has 0 atom stereocenters. The average molecular weight is 341 g/mol. The molecule has 4 nitrogen and oxygen atoms in total. The van der Waals surface area contributed by atoms with E-state index in [-0.39, 0.29) is 12.5 Å². The standard InChI is InChI=1S/C19H19NO3S/c1-3-23-19(22)17-15-12-10-8-6-4-5-7-9-11-13-16(15)24-18(17)20-14(2)21/h4-13H,3H2,1-2H3,(H,20,21)/b5-4?,6-4-,7-5-,8-6?,9-7?,10-8-,11-9-,12-10?,13-11?,15-12+,16-13+. The van der Waals surface area contributed by atoms with E-state index in [1.54, 1.807) is 6.92 Å². The summed E-state index contributed by atoms with van der Waals surface area (Å²) in [5.41, 5.74) is 0.387. The molecule has 0 saturated heterocycles. The second-order valence-corrected chi connectivity index (χ2v) is 5.91. The Labute approximate surface area is 144 Å². The number of fused-ring (bicyclic) bond motifs is 1.